The van der Waals surface area contributed by atoms with Crippen LogP contribution in [0.15, 0.2) is 35.1 Å². The van der Waals surface area contributed by atoms with Gasteiger partial charge in [0.1, 0.15) is 0 Å². The van der Waals surface area contributed by atoms with Gasteiger partial charge < -0.3 is 10.5 Å². The molecule has 0 spiro atoms. The van der Waals surface area contributed by atoms with Crippen LogP contribution < -0.4 is 5.73 Å². The Hall–Kier alpha value is -1.02. The zero-order valence-corrected chi connectivity index (χ0v) is 10.4. The molecule has 1 heterocycles. The van der Waals surface area contributed by atoms with Crippen molar-refractivity contribution in [3.63, 3.8) is 0 Å². The first-order chi connectivity index (χ1) is 7.47. The highest BCUT2D eigenvalue weighted by molar-refractivity contribution is 5.38. The normalized spacial score (nSPS) is 22.4. The topological polar surface area (TPSA) is 35.2 Å². The van der Waals surface area contributed by atoms with Crippen molar-refractivity contribution in [2.45, 2.75) is 39.7 Å². The molecule has 1 aliphatic heterocycles. The minimum absolute atomic E-state index is 0.0798. The van der Waals surface area contributed by atoms with Crippen LogP contribution in [-0.4, -0.2) is 12.6 Å². The molecule has 1 unspecified atom stereocenters. The molecule has 2 heteroatoms. The van der Waals surface area contributed by atoms with Gasteiger partial charge in [0.2, 0.25) is 0 Å². The quantitative estimate of drug-likeness (QED) is 0.736. The summed E-state index contributed by atoms with van der Waals surface area (Å²) in [5.41, 5.74) is 9.06. The Balaban J connectivity index is 2.29. The highest BCUT2D eigenvalue weighted by atomic mass is 16.5. The van der Waals surface area contributed by atoms with E-state index in [-0.39, 0.29) is 11.5 Å². The molecular formula is C14H21NO. The van der Waals surface area contributed by atoms with Crippen LogP contribution in [0.5, 0.6) is 0 Å². The molecule has 2 N–H and O–H groups in total. The molecule has 0 aromatic carbocycles. The number of rotatable bonds is 1. The fraction of sp³-hybridized carbons (Fsp3) is 0.571. The molecule has 2 bridgehead atoms. The second-order valence-electron chi connectivity index (χ2n) is 5.72. The molecule has 1 aliphatic carbocycles. The van der Waals surface area contributed by atoms with Gasteiger partial charge in [-0.2, -0.15) is 0 Å². The van der Waals surface area contributed by atoms with Crippen molar-refractivity contribution in [3.8, 4) is 0 Å². The van der Waals surface area contributed by atoms with E-state index in [9.17, 15) is 0 Å². The highest BCUT2D eigenvalue weighted by Gasteiger charge is 2.24. The maximum absolute atomic E-state index is 6.29. The molecule has 2 nitrogen and oxygen atoms in total. The first-order valence-electron chi connectivity index (χ1n) is 5.95. The third-order valence-electron chi connectivity index (χ3n) is 3.24. The Labute approximate surface area is 97.9 Å². The van der Waals surface area contributed by atoms with E-state index in [2.05, 4.69) is 39.0 Å². The van der Waals surface area contributed by atoms with Crippen molar-refractivity contribution < 1.29 is 4.74 Å². The average Bonchev–Trinajstić information content (AvgIpc) is 2.35. The summed E-state index contributed by atoms with van der Waals surface area (Å²) in [5, 5.41) is 0. The van der Waals surface area contributed by atoms with Gasteiger partial charge in [-0.3, -0.25) is 0 Å². The summed E-state index contributed by atoms with van der Waals surface area (Å²) in [4.78, 5) is 0. The minimum Gasteiger partial charge on any atom is -0.497 e. The molecular weight excluding hydrogens is 198 g/mol. The smallest absolute Gasteiger partial charge is 0.1000 e. The Morgan fingerprint density at radius 3 is 2.75 bits per heavy atom. The van der Waals surface area contributed by atoms with E-state index < -0.39 is 0 Å². The molecule has 2 rings (SSSR count). The van der Waals surface area contributed by atoms with Crippen molar-refractivity contribution in [3.05, 3.63) is 35.1 Å². The summed E-state index contributed by atoms with van der Waals surface area (Å²) in [5.74, 6) is 1.08. The SMILES string of the molecule is CC(C)(C)C(N)C1=CC=C2CC(=C1)CCO2. The third-order valence-corrected chi connectivity index (χ3v) is 3.24. The third kappa shape index (κ3) is 2.38. The van der Waals surface area contributed by atoms with Crippen molar-refractivity contribution in [2.75, 3.05) is 6.61 Å². The molecule has 2 aliphatic rings. The molecule has 1 fully saturated rings. The van der Waals surface area contributed by atoms with Crippen molar-refractivity contribution in [1.82, 2.24) is 0 Å². The van der Waals surface area contributed by atoms with Gasteiger partial charge in [-0.15, -0.1) is 0 Å². The molecule has 88 valence electrons. The van der Waals surface area contributed by atoms with E-state index in [0.717, 1.165) is 25.2 Å². The maximum atomic E-state index is 6.29. The summed E-state index contributed by atoms with van der Waals surface area (Å²) in [6.45, 7) is 7.34. The van der Waals surface area contributed by atoms with Gasteiger partial charge in [0.05, 0.1) is 12.4 Å². The number of ether oxygens (including phenoxy) is 1. The van der Waals surface area contributed by atoms with E-state index in [0.29, 0.717) is 0 Å². The molecule has 0 amide bonds. The predicted octanol–water partition coefficient (Wildman–Crippen LogP) is 2.92. The summed E-state index contributed by atoms with van der Waals surface area (Å²) in [7, 11) is 0. The fourth-order valence-corrected chi connectivity index (χ4v) is 2.07. The largest absolute Gasteiger partial charge is 0.497 e. The zero-order valence-electron chi connectivity index (χ0n) is 10.4. The lowest BCUT2D eigenvalue weighted by atomic mass is 9.82. The van der Waals surface area contributed by atoms with E-state index in [1.54, 1.807) is 0 Å². The van der Waals surface area contributed by atoms with E-state index in [1.807, 2.05) is 0 Å². The van der Waals surface area contributed by atoms with Crippen molar-refractivity contribution >= 4 is 0 Å². The van der Waals surface area contributed by atoms with Crippen molar-refractivity contribution in [2.24, 2.45) is 11.1 Å². The minimum atomic E-state index is 0.0798. The van der Waals surface area contributed by atoms with E-state index in [4.69, 9.17) is 10.5 Å². The van der Waals surface area contributed by atoms with Crippen molar-refractivity contribution in [1.29, 1.82) is 0 Å². The highest BCUT2D eigenvalue weighted by Crippen LogP contribution is 2.31. The molecule has 0 aromatic rings. The molecule has 0 saturated carbocycles. The Morgan fingerprint density at radius 1 is 1.31 bits per heavy atom. The van der Waals surface area contributed by atoms with Crippen LogP contribution in [0.2, 0.25) is 0 Å². The van der Waals surface area contributed by atoms with E-state index in [1.165, 1.54) is 11.1 Å². The number of nitrogens with two attached hydrogens (primary N) is 1. The van der Waals surface area contributed by atoms with Crippen LogP contribution in [0.3, 0.4) is 0 Å². The lowest BCUT2D eigenvalue weighted by Crippen LogP contribution is -2.36. The van der Waals surface area contributed by atoms with Gasteiger partial charge in [-0.1, -0.05) is 38.5 Å². The van der Waals surface area contributed by atoms with Gasteiger partial charge in [-0.25, -0.2) is 0 Å². The van der Waals surface area contributed by atoms with Crippen LogP contribution >= 0.6 is 0 Å². The van der Waals surface area contributed by atoms with Crippen LogP contribution in [0, 0.1) is 5.41 Å². The summed E-state index contributed by atoms with van der Waals surface area (Å²) in [6, 6.07) is 0.0798. The zero-order chi connectivity index (χ0) is 11.8. The van der Waals surface area contributed by atoms with Gasteiger partial charge in [0, 0.05) is 18.9 Å². The number of fused-ring (bicyclic) bond motifs is 2. The number of hydrogen-bond acceptors (Lipinski definition) is 2. The molecule has 0 aromatic heterocycles. The van der Waals surface area contributed by atoms with Gasteiger partial charge >= 0.3 is 0 Å². The molecule has 1 saturated heterocycles. The molecule has 1 atom stereocenters. The monoisotopic (exact) mass is 219 g/mol. The average molecular weight is 219 g/mol. The standard InChI is InChI=1S/C14H21NO/c1-14(2,3)13(15)11-4-5-12-9-10(8-11)6-7-16-12/h4-5,8,13H,6-7,9,15H2,1-3H3. The van der Waals surface area contributed by atoms with Gasteiger partial charge in [0.25, 0.3) is 0 Å². The first kappa shape index (κ1) is 11.5. The number of allylic oxidation sites excluding steroid dienone is 3. The lowest BCUT2D eigenvalue weighted by molar-refractivity contribution is 0.189. The lowest BCUT2D eigenvalue weighted by Gasteiger charge is -2.28. The predicted molar refractivity (Wildman–Crippen MR) is 66.9 cm³/mol. The van der Waals surface area contributed by atoms with Crippen LogP contribution in [0.4, 0.5) is 0 Å². The molecule has 16 heavy (non-hydrogen) atoms. The van der Waals surface area contributed by atoms with Crippen LogP contribution in [0.25, 0.3) is 0 Å². The summed E-state index contributed by atoms with van der Waals surface area (Å²) in [6.07, 6.45) is 8.44. The Morgan fingerprint density at radius 2 is 2.06 bits per heavy atom. The van der Waals surface area contributed by atoms with Crippen LogP contribution in [0.1, 0.15) is 33.6 Å². The maximum Gasteiger partial charge on any atom is 0.1000 e. The van der Waals surface area contributed by atoms with Gasteiger partial charge in [-0.05, 0) is 17.1 Å². The second kappa shape index (κ2) is 4.10. The van der Waals surface area contributed by atoms with Crippen LogP contribution in [-0.2, 0) is 4.74 Å². The first-order valence-corrected chi connectivity index (χ1v) is 5.95. The Kier molecular flexibility index (Phi) is 2.94. The van der Waals surface area contributed by atoms with Gasteiger partial charge in [0.15, 0.2) is 0 Å². The van der Waals surface area contributed by atoms with E-state index >= 15 is 0 Å². The molecule has 0 radical (unpaired) electrons. The summed E-state index contributed by atoms with van der Waals surface area (Å²) >= 11 is 0. The number of hydrogen-bond donors (Lipinski definition) is 1. The summed E-state index contributed by atoms with van der Waals surface area (Å²) < 4.78 is 5.58. The Bertz CT molecular complexity index is 369. The fourth-order valence-electron chi connectivity index (χ4n) is 2.07. The second-order valence-corrected chi connectivity index (χ2v) is 5.72.